The van der Waals surface area contributed by atoms with Crippen LogP contribution in [0, 0.1) is 0 Å². The third kappa shape index (κ3) is 5.16. The summed E-state index contributed by atoms with van der Waals surface area (Å²) < 4.78 is 6.16. The number of carboxylic acid groups (broad SMARTS) is 1. The number of para-hydroxylation sites is 1. The van der Waals surface area contributed by atoms with Gasteiger partial charge >= 0.3 is 6.09 Å². The number of nitrogens with zero attached hydrogens (tertiary/aromatic N) is 2. The summed E-state index contributed by atoms with van der Waals surface area (Å²) in [7, 11) is 0. The van der Waals surface area contributed by atoms with E-state index in [9.17, 15) is 9.59 Å². The highest BCUT2D eigenvalue weighted by molar-refractivity contribution is 5.99. The van der Waals surface area contributed by atoms with Gasteiger partial charge in [-0.3, -0.25) is 9.78 Å². The maximum atomic E-state index is 13.1. The number of amides is 2. The first-order valence-electron chi connectivity index (χ1n) is 9.66. The molecule has 3 N–H and O–H groups in total. The van der Waals surface area contributed by atoms with Gasteiger partial charge in [-0.1, -0.05) is 6.07 Å². The van der Waals surface area contributed by atoms with Crippen molar-refractivity contribution in [2.24, 2.45) is 0 Å². The number of nitrogens with one attached hydrogen (secondary N) is 2. The fraction of sp³-hybridized carbons (Fsp3) is 0.381. The molecule has 1 aromatic carbocycles. The van der Waals surface area contributed by atoms with Gasteiger partial charge in [0, 0.05) is 37.9 Å². The minimum atomic E-state index is -1.10. The Balaban J connectivity index is 1.91. The molecule has 0 fully saturated rings. The van der Waals surface area contributed by atoms with E-state index in [4.69, 9.17) is 9.84 Å². The highest BCUT2D eigenvalue weighted by Crippen LogP contribution is 2.33. The lowest BCUT2D eigenvalue weighted by molar-refractivity contribution is 0.0627. The van der Waals surface area contributed by atoms with Crippen molar-refractivity contribution in [2.45, 2.75) is 39.0 Å². The van der Waals surface area contributed by atoms with E-state index in [0.717, 1.165) is 5.56 Å². The van der Waals surface area contributed by atoms with Gasteiger partial charge in [0.2, 0.25) is 0 Å². The number of rotatable bonds is 6. The van der Waals surface area contributed by atoms with Crippen molar-refractivity contribution < 1.29 is 19.4 Å². The molecule has 2 amide bonds. The summed E-state index contributed by atoms with van der Waals surface area (Å²) in [4.78, 5) is 29.9. The lowest BCUT2D eigenvalue weighted by Gasteiger charge is -2.33. The van der Waals surface area contributed by atoms with E-state index in [-0.39, 0.29) is 24.6 Å². The smallest absolute Gasteiger partial charge is 0.404 e. The molecule has 3 rings (SSSR count). The zero-order valence-electron chi connectivity index (χ0n) is 16.6. The molecular formula is C21H26N4O4. The first-order valence-corrected chi connectivity index (χ1v) is 9.66. The summed E-state index contributed by atoms with van der Waals surface area (Å²) in [6, 6.07) is 9.26. The normalized spacial score (nSPS) is 16.4. The van der Waals surface area contributed by atoms with Gasteiger partial charge in [0.25, 0.3) is 5.91 Å². The SMILES string of the molecule is CC(C)N1CCC(CNC(=O)O)Oc2c(NCc3ccncc3)cccc2C1=O. The lowest BCUT2D eigenvalue weighted by atomic mass is 10.1. The van der Waals surface area contributed by atoms with E-state index >= 15 is 0 Å². The Labute approximate surface area is 169 Å². The molecule has 0 spiro atoms. The number of aromatic nitrogens is 1. The number of benzene rings is 1. The summed E-state index contributed by atoms with van der Waals surface area (Å²) in [6.07, 6.45) is 2.49. The summed E-state index contributed by atoms with van der Waals surface area (Å²) in [5.41, 5.74) is 2.21. The Bertz CT molecular complexity index is 857. The fourth-order valence-electron chi connectivity index (χ4n) is 3.27. The Kier molecular flexibility index (Phi) is 6.54. The van der Waals surface area contributed by atoms with E-state index in [1.807, 2.05) is 38.1 Å². The van der Waals surface area contributed by atoms with Crippen LogP contribution in [0.1, 0.15) is 36.2 Å². The molecule has 1 atom stereocenters. The summed E-state index contributed by atoms with van der Waals surface area (Å²) in [6.45, 7) is 5.12. The van der Waals surface area contributed by atoms with E-state index in [0.29, 0.717) is 36.5 Å². The average Bonchev–Trinajstić information content (AvgIpc) is 2.69. The van der Waals surface area contributed by atoms with Gasteiger partial charge in [-0.15, -0.1) is 0 Å². The lowest BCUT2D eigenvalue weighted by Crippen LogP contribution is -2.44. The number of carbonyl (C=O) groups excluding carboxylic acids is 1. The minimum absolute atomic E-state index is 0.0231. The average molecular weight is 398 g/mol. The van der Waals surface area contributed by atoms with Gasteiger partial charge in [-0.05, 0) is 43.7 Å². The van der Waals surface area contributed by atoms with Crippen molar-refractivity contribution in [3.63, 3.8) is 0 Å². The molecule has 2 aromatic rings. The molecule has 0 saturated carbocycles. The molecule has 0 aliphatic carbocycles. The largest absolute Gasteiger partial charge is 0.486 e. The number of carbonyl (C=O) groups is 2. The van der Waals surface area contributed by atoms with Gasteiger partial charge in [-0.2, -0.15) is 0 Å². The van der Waals surface area contributed by atoms with Gasteiger partial charge in [-0.25, -0.2) is 4.79 Å². The second-order valence-corrected chi connectivity index (χ2v) is 7.20. The molecular weight excluding hydrogens is 372 g/mol. The highest BCUT2D eigenvalue weighted by Gasteiger charge is 2.29. The summed E-state index contributed by atoms with van der Waals surface area (Å²) >= 11 is 0. The van der Waals surface area contributed by atoms with Crippen LogP contribution in [0.5, 0.6) is 5.75 Å². The second-order valence-electron chi connectivity index (χ2n) is 7.20. The van der Waals surface area contributed by atoms with Crippen molar-refractivity contribution in [3.8, 4) is 5.75 Å². The third-order valence-electron chi connectivity index (χ3n) is 4.82. The number of fused-ring (bicyclic) bond motifs is 1. The molecule has 2 heterocycles. The van der Waals surface area contributed by atoms with Crippen molar-refractivity contribution in [1.82, 2.24) is 15.2 Å². The molecule has 8 heteroatoms. The monoisotopic (exact) mass is 398 g/mol. The van der Waals surface area contributed by atoms with E-state index in [1.165, 1.54) is 0 Å². The van der Waals surface area contributed by atoms with Crippen LogP contribution in [0.15, 0.2) is 42.7 Å². The van der Waals surface area contributed by atoms with Gasteiger partial charge in [0.05, 0.1) is 17.8 Å². The molecule has 0 bridgehead atoms. The fourth-order valence-corrected chi connectivity index (χ4v) is 3.27. The molecule has 0 radical (unpaired) electrons. The van der Waals surface area contributed by atoms with Crippen LogP contribution in [0.3, 0.4) is 0 Å². The second kappa shape index (κ2) is 9.27. The zero-order chi connectivity index (χ0) is 20.8. The number of pyridine rings is 1. The Morgan fingerprint density at radius 1 is 1.31 bits per heavy atom. The maximum Gasteiger partial charge on any atom is 0.404 e. The van der Waals surface area contributed by atoms with E-state index in [1.54, 1.807) is 23.4 Å². The molecule has 1 aliphatic rings. The van der Waals surface area contributed by atoms with Crippen molar-refractivity contribution in [3.05, 3.63) is 53.9 Å². The number of anilines is 1. The first kappa shape index (κ1) is 20.4. The predicted octanol–water partition coefficient (Wildman–Crippen LogP) is 2.96. The van der Waals surface area contributed by atoms with Crippen molar-refractivity contribution in [2.75, 3.05) is 18.4 Å². The summed E-state index contributed by atoms with van der Waals surface area (Å²) in [5, 5.41) is 14.7. The van der Waals surface area contributed by atoms with Gasteiger partial charge in [0.1, 0.15) is 6.10 Å². The van der Waals surface area contributed by atoms with Crippen LogP contribution in [0.25, 0.3) is 0 Å². The molecule has 1 aliphatic heterocycles. The maximum absolute atomic E-state index is 13.1. The van der Waals surface area contributed by atoms with Crippen molar-refractivity contribution >= 4 is 17.7 Å². The Morgan fingerprint density at radius 3 is 2.76 bits per heavy atom. The topological polar surface area (TPSA) is 104 Å². The third-order valence-corrected chi connectivity index (χ3v) is 4.82. The van der Waals surface area contributed by atoms with Crippen LogP contribution in [0.2, 0.25) is 0 Å². The quantitative estimate of drug-likeness (QED) is 0.691. The van der Waals surface area contributed by atoms with Gasteiger partial charge in [0.15, 0.2) is 5.75 Å². The molecule has 1 aromatic heterocycles. The Morgan fingerprint density at radius 2 is 2.07 bits per heavy atom. The molecule has 1 unspecified atom stereocenters. The van der Waals surface area contributed by atoms with Crippen LogP contribution >= 0.6 is 0 Å². The van der Waals surface area contributed by atoms with Crippen molar-refractivity contribution in [1.29, 1.82) is 0 Å². The zero-order valence-corrected chi connectivity index (χ0v) is 16.6. The molecule has 8 nitrogen and oxygen atoms in total. The molecule has 29 heavy (non-hydrogen) atoms. The molecule has 154 valence electrons. The van der Waals surface area contributed by atoms with E-state index < -0.39 is 6.09 Å². The summed E-state index contributed by atoms with van der Waals surface area (Å²) in [5.74, 6) is 0.362. The van der Waals surface area contributed by atoms with Crippen LogP contribution < -0.4 is 15.4 Å². The van der Waals surface area contributed by atoms with Crippen LogP contribution in [-0.4, -0.2) is 52.2 Å². The number of ether oxygens (including phenoxy) is 1. The molecule has 0 saturated heterocycles. The standard InChI is InChI=1S/C21H26N4O4/c1-14(2)25-11-8-16(13-24-21(27)28)29-19-17(20(25)26)4-3-5-18(19)23-12-15-6-9-22-10-7-15/h3-7,9-10,14,16,23-24H,8,11-13H2,1-2H3,(H,27,28). The van der Waals surface area contributed by atoms with Crippen LogP contribution in [-0.2, 0) is 6.54 Å². The number of hydrogen-bond donors (Lipinski definition) is 3. The predicted molar refractivity (Wildman–Crippen MR) is 109 cm³/mol. The Hall–Kier alpha value is -3.29. The van der Waals surface area contributed by atoms with Gasteiger partial charge < -0.3 is 25.4 Å². The minimum Gasteiger partial charge on any atom is -0.486 e. The highest BCUT2D eigenvalue weighted by atomic mass is 16.5. The van der Waals surface area contributed by atoms with E-state index in [2.05, 4.69) is 15.6 Å². The first-order chi connectivity index (χ1) is 14.0. The van der Waals surface area contributed by atoms with Crippen LogP contribution in [0.4, 0.5) is 10.5 Å². The number of hydrogen-bond acceptors (Lipinski definition) is 5.